The summed E-state index contributed by atoms with van der Waals surface area (Å²) in [4.78, 5) is 19.2. The minimum absolute atomic E-state index is 0.363. The molecule has 0 spiro atoms. The molecule has 18 heavy (non-hydrogen) atoms. The van der Waals surface area contributed by atoms with E-state index in [0.717, 1.165) is 16.5 Å². The largest absolute Gasteiger partial charge is 0.463 e. The lowest BCUT2D eigenvalue weighted by Crippen LogP contribution is -1.98. The third-order valence-electron chi connectivity index (χ3n) is 2.39. The molecule has 0 aliphatic heterocycles. The van der Waals surface area contributed by atoms with E-state index in [4.69, 9.17) is 10.5 Å². The van der Waals surface area contributed by atoms with Gasteiger partial charge in [-0.1, -0.05) is 6.07 Å². The Morgan fingerprint density at radius 3 is 3.06 bits per heavy atom. The van der Waals surface area contributed by atoms with Crippen molar-refractivity contribution in [1.82, 2.24) is 9.97 Å². The zero-order valence-corrected chi connectivity index (χ0v) is 9.96. The maximum absolute atomic E-state index is 11.2. The van der Waals surface area contributed by atoms with E-state index in [2.05, 4.69) is 9.97 Å². The molecule has 0 saturated heterocycles. The number of hydrogen-bond donors (Lipinski definition) is 1. The fraction of sp³-hybridized carbons (Fsp3) is 0.154. The molecule has 0 atom stereocenters. The molecule has 0 saturated carbocycles. The standard InChI is InChI=1S/C13H13N3O2/c1-2-18-12(17)6-4-9-3-5-11-10(7-9)13(14)16-8-15-11/h3-8H,2H2,1H3,(H2,14,15,16). The molecule has 0 unspecified atom stereocenters. The van der Waals surface area contributed by atoms with Crippen LogP contribution >= 0.6 is 0 Å². The molecule has 1 heterocycles. The predicted molar refractivity (Wildman–Crippen MR) is 69.6 cm³/mol. The predicted octanol–water partition coefficient (Wildman–Crippen LogP) is 1.79. The lowest BCUT2D eigenvalue weighted by molar-refractivity contribution is -0.137. The molecule has 5 nitrogen and oxygen atoms in total. The van der Waals surface area contributed by atoms with Crippen molar-refractivity contribution in [2.24, 2.45) is 0 Å². The molecule has 0 aliphatic rings. The lowest BCUT2D eigenvalue weighted by atomic mass is 10.1. The number of rotatable bonds is 3. The smallest absolute Gasteiger partial charge is 0.330 e. The highest BCUT2D eigenvalue weighted by molar-refractivity contribution is 5.91. The quantitative estimate of drug-likeness (QED) is 0.656. The second kappa shape index (κ2) is 5.27. The first-order valence-corrected chi connectivity index (χ1v) is 5.56. The Bertz CT molecular complexity index is 608. The van der Waals surface area contributed by atoms with Gasteiger partial charge in [-0.05, 0) is 30.7 Å². The van der Waals surface area contributed by atoms with E-state index in [1.807, 2.05) is 18.2 Å². The van der Waals surface area contributed by atoms with Gasteiger partial charge in [0.15, 0.2) is 0 Å². The van der Waals surface area contributed by atoms with Crippen LogP contribution in [0.1, 0.15) is 12.5 Å². The molecule has 1 aromatic carbocycles. The average Bonchev–Trinajstić information content (AvgIpc) is 2.37. The second-order valence-electron chi connectivity index (χ2n) is 3.62. The molecule has 92 valence electrons. The van der Waals surface area contributed by atoms with Gasteiger partial charge in [-0.3, -0.25) is 0 Å². The normalized spacial score (nSPS) is 10.9. The third kappa shape index (κ3) is 2.63. The molecule has 2 rings (SSSR count). The number of fused-ring (bicyclic) bond motifs is 1. The van der Waals surface area contributed by atoms with Crippen LogP contribution < -0.4 is 5.73 Å². The van der Waals surface area contributed by atoms with Crippen molar-refractivity contribution in [2.45, 2.75) is 6.92 Å². The molecule has 0 amide bonds. The minimum atomic E-state index is -0.366. The van der Waals surface area contributed by atoms with Crippen molar-refractivity contribution in [3.63, 3.8) is 0 Å². The number of nitrogen functional groups attached to an aromatic ring is 1. The topological polar surface area (TPSA) is 78.1 Å². The monoisotopic (exact) mass is 243 g/mol. The summed E-state index contributed by atoms with van der Waals surface area (Å²) < 4.78 is 4.80. The average molecular weight is 243 g/mol. The molecule has 0 bridgehead atoms. The lowest BCUT2D eigenvalue weighted by Gasteiger charge is -2.01. The Morgan fingerprint density at radius 1 is 1.44 bits per heavy atom. The molecule has 5 heteroatoms. The van der Waals surface area contributed by atoms with Crippen molar-refractivity contribution in [2.75, 3.05) is 12.3 Å². The van der Waals surface area contributed by atoms with Crippen LogP contribution in [0.3, 0.4) is 0 Å². The van der Waals surface area contributed by atoms with Crippen LogP contribution in [0.5, 0.6) is 0 Å². The fourth-order valence-corrected chi connectivity index (χ4v) is 1.55. The fourth-order valence-electron chi connectivity index (χ4n) is 1.55. The molecule has 0 aliphatic carbocycles. The summed E-state index contributed by atoms with van der Waals surface area (Å²) in [6.45, 7) is 2.13. The van der Waals surface area contributed by atoms with Crippen molar-refractivity contribution >= 4 is 28.8 Å². The van der Waals surface area contributed by atoms with Gasteiger partial charge in [-0.15, -0.1) is 0 Å². The number of nitrogens with zero attached hydrogens (tertiary/aromatic N) is 2. The van der Waals surface area contributed by atoms with Gasteiger partial charge in [0, 0.05) is 11.5 Å². The first-order valence-electron chi connectivity index (χ1n) is 5.56. The van der Waals surface area contributed by atoms with Gasteiger partial charge in [-0.25, -0.2) is 14.8 Å². The van der Waals surface area contributed by atoms with Gasteiger partial charge in [0.2, 0.25) is 0 Å². The van der Waals surface area contributed by atoms with Crippen LogP contribution in [-0.2, 0) is 9.53 Å². The first kappa shape index (κ1) is 12.0. The summed E-state index contributed by atoms with van der Waals surface area (Å²) in [5.41, 5.74) is 7.38. The molecule has 2 N–H and O–H groups in total. The van der Waals surface area contributed by atoms with Crippen LogP contribution in [0.4, 0.5) is 5.82 Å². The first-order chi connectivity index (χ1) is 8.70. The van der Waals surface area contributed by atoms with Gasteiger partial charge in [0.05, 0.1) is 12.1 Å². The van der Waals surface area contributed by atoms with Crippen LogP contribution in [0.2, 0.25) is 0 Å². The molecule has 1 aromatic heterocycles. The number of hydrogen-bond acceptors (Lipinski definition) is 5. The minimum Gasteiger partial charge on any atom is -0.463 e. The summed E-state index contributed by atoms with van der Waals surface area (Å²) in [6, 6.07) is 5.52. The van der Waals surface area contributed by atoms with Crippen molar-refractivity contribution in [3.8, 4) is 0 Å². The molecular formula is C13H13N3O2. The van der Waals surface area contributed by atoms with Gasteiger partial charge in [-0.2, -0.15) is 0 Å². The highest BCUT2D eigenvalue weighted by atomic mass is 16.5. The van der Waals surface area contributed by atoms with E-state index < -0.39 is 0 Å². The molecule has 0 fully saturated rings. The molecular weight excluding hydrogens is 230 g/mol. The number of benzene rings is 1. The number of ether oxygens (including phenoxy) is 1. The van der Waals surface area contributed by atoms with Crippen LogP contribution in [0.25, 0.3) is 17.0 Å². The second-order valence-corrected chi connectivity index (χ2v) is 3.62. The van der Waals surface area contributed by atoms with E-state index in [9.17, 15) is 4.79 Å². The Hall–Kier alpha value is -2.43. The van der Waals surface area contributed by atoms with Crippen molar-refractivity contribution in [3.05, 3.63) is 36.2 Å². The summed E-state index contributed by atoms with van der Waals surface area (Å²) in [5, 5.41) is 0.767. The maximum atomic E-state index is 11.2. The van der Waals surface area contributed by atoms with Gasteiger partial charge in [0.25, 0.3) is 0 Å². The zero-order valence-electron chi connectivity index (χ0n) is 9.96. The summed E-state index contributed by atoms with van der Waals surface area (Å²) in [5.74, 6) is 0.0567. The van der Waals surface area contributed by atoms with E-state index in [0.29, 0.717) is 12.4 Å². The third-order valence-corrected chi connectivity index (χ3v) is 2.39. The molecule has 0 radical (unpaired) electrons. The molecule has 2 aromatic rings. The zero-order chi connectivity index (χ0) is 13.0. The van der Waals surface area contributed by atoms with E-state index >= 15 is 0 Å². The summed E-state index contributed by atoms with van der Waals surface area (Å²) in [6.07, 6.45) is 4.47. The van der Waals surface area contributed by atoms with Crippen LogP contribution in [0.15, 0.2) is 30.6 Å². The maximum Gasteiger partial charge on any atom is 0.330 e. The number of anilines is 1. The Kier molecular flexibility index (Phi) is 3.52. The number of aromatic nitrogens is 2. The van der Waals surface area contributed by atoms with E-state index in [1.165, 1.54) is 12.4 Å². The van der Waals surface area contributed by atoms with E-state index in [1.54, 1.807) is 13.0 Å². The van der Waals surface area contributed by atoms with E-state index in [-0.39, 0.29) is 5.97 Å². The summed E-state index contributed by atoms with van der Waals surface area (Å²) in [7, 11) is 0. The van der Waals surface area contributed by atoms with Crippen LogP contribution in [0, 0.1) is 0 Å². The van der Waals surface area contributed by atoms with Gasteiger partial charge >= 0.3 is 5.97 Å². The highest BCUT2D eigenvalue weighted by Gasteiger charge is 2.01. The SMILES string of the molecule is CCOC(=O)C=Cc1ccc2ncnc(N)c2c1. The van der Waals surface area contributed by atoms with Crippen molar-refractivity contribution < 1.29 is 9.53 Å². The van der Waals surface area contributed by atoms with Gasteiger partial charge in [0.1, 0.15) is 12.1 Å². The van der Waals surface area contributed by atoms with Crippen molar-refractivity contribution in [1.29, 1.82) is 0 Å². The highest BCUT2D eigenvalue weighted by Crippen LogP contribution is 2.18. The number of carbonyl (C=O) groups is 1. The summed E-state index contributed by atoms with van der Waals surface area (Å²) >= 11 is 0. The number of carbonyl (C=O) groups excluding carboxylic acids is 1. The Labute approximate surface area is 104 Å². The Morgan fingerprint density at radius 2 is 2.28 bits per heavy atom. The van der Waals surface area contributed by atoms with Gasteiger partial charge < -0.3 is 10.5 Å². The van der Waals surface area contributed by atoms with Crippen LogP contribution in [-0.4, -0.2) is 22.5 Å². The number of nitrogens with two attached hydrogens (primary N) is 1. The Balaban J connectivity index is 2.30. The number of esters is 1.